The molecule has 3 rings (SSSR count). The Kier molecular flexibility index (Phi) is 7.36. The van der Waals surface area contributed by atoms with Gasteiger partial charge in [0.05, 0.1) is 0 Å². The Morgan fingerprint density at radius 2 is 1.62 bits per heavy atom. The number of benzene rings is 2. The van der Waals surface area contributed by atoms with E-state index in [9.17, 15) is 4.79 Å². The van der Waals surface area contributed by atoms with E-state index in [1.165, 1.54) is 37.7 Å². The number of anilines is 2. The minimum absolute atomic E-state index is 0.0998. The predicted octanol–water partition coefficient (Wildman–Crippen LogP) is 4.49. The summed E-state index contributed by atoms with van der Waals surface area (Å²) in [6, 6.07) is 12.7. The van der Waals surface area contributed by atoms with Crippen molar-refractivity contribution in [3.63, 3.8) is 0 Å². The smallest absolute Gasteiger partial charge is 0.337 e. The molecule has 0 radical (unpaired) electrons. The van der Waals surface area contributed by atoms with E-state index in [0.29, 0.717) is 28.8 Å². The molecule has 29 heavy (non-hydrogen) atoms. The molecule has 0 atom stereocenters. The van der Waals surface area contributed by atoms with Gasteiger partial charge < -0.3 is 25.7 Å². The van der Waals surface area contributed by atoms with Crippen molar-refractivity contribution in [3.05, 3.63) is 48.0 Å². The zero-order chi connectivity index (χ0) is 20.6. The van der Waals surface area contributed by atoms with Crippen LogP contribution in [0.3, 0.4) is 0 Å². The highest BCUT2D eigenvalue weighted by Crippen LogP contribution is 2.37. The number of hydrogen-bond donors (Lipinski definition) is 2. The van der Waals surface area contributed by atoms with Gasteiger partial charge in [0.1, 0.15) is 18.1 Å². The normalized spacial score (nSPS) is 18.9. The first-order valence-electron chi connectivity index (χ1n) is 10.2. The van der Waals surface area contributed by atoms with Gasteiger partial charge in [-0.3, -0.25) is 0 Å². The first kappa shape index (κ1) is 21.0. The van der Waals surface area contributed by atoms with Crippen molar-refractivity contribution in [1.82, 2.24) is 0 Å². The zero-order valence-corrected chi connectivity index (χ0v) is 16.9. The van der Waals surface area contributed by atoms with Crippen LogP contribution in [-0.2, 0) is 9.53 Å². The molecule has 6 heteroatoms. The molecule has 1 aliphatic carbocycles. The summed E-state index contributed by atoms with van der Waals surface area (Å²) in [7, 11) is 0. The summed E-state index contributed by atoms with van der Waals surface area (Å²) < 4.78 is 15.9. The Hall–Kier alpha value is -2.73. The van der Waals surface area contributed by atoms with Crippen LogP contribution in [-0.4, -0.2) is 19.4 Å². The van der Waals surface area contributed by atoms with Crippen molar-refractivity contribution in [2.24, 2.45) is 5.92 Å². The predicted molar refractivity (Wildman–Crippen MR) is 114 cm³/mol. The standard InChI is InChI=1S/C23H30N2O4/c1-2-16-3-5-17(6-4-16)18-7-9-21(10-8-18)29-23(26)14-27-15-28-22-12-19(24)11-20(25)13-22/h7-13,16-17H,2-6,14-15,24-25H2,1H3. The first-order chi connectivity index (χ1) is 14.0. The molecule has 1 saturated carbocycles. The van der Waals surface area contributed by atoms with Crippen molar-refractivity contribution < 1.29 is 19.0 Å². The van der Waals surface area contributed by atoms with Gasteiger partial charge in [-0.25, -0.2) is 4.79 Å². The Morgan fingerprint density at radius 3 is 2.24 bits per heavy atom. The van der Waals surface area contributed by atoms with Crippen molar-refractivity contribution in [2.45, 2.75) is 44.9 Å². The van der Waals surface area contributed by atoms with Crippen molar-refractivity contribution in [2.75, 3.05) is 24.9 Å². The Balaban J connectivity index is 1.39. The van der Waals surface area contributed by atoms with Crippen LogP contribution < -0.4 is 20.9 Å². The maximum Gasteiger partial charge on any atom is 0.337 e. The van der Waals surface area contributed by atoms with Gasteiger partial charge in [0, 0.05) is 23.5 Å². The number of carbonyl (C=O) groups is 1. The second-order valence-electron chi connectivity index (χ2n) is 7.62. The average Bonchev–Trinajstić information content (AvgIpc) is 2.71. The molecule has 6 nitrogen and oxygen atoms in total. The van der Waals surface area contributed by atoms with Gasteiger partial charge in [0.25, 0.3) is 0 Å². The summed E-state index contributed by atoms with van der Waals surface area (Å²) in [6.45, 7) is 1.97. The Morgan fingerprint density at radius 1 is 0.966 bits per heavy atom. The van der Waals surface area contributed by atoms with Crippen molar-refractivity contribution in [3.8, 4) is 11.5 Å². The van der Waals surface area contributed by atoms with E-state index < -0.39 is 5.97 Å². The number of nitrogens with two attached hydrogens (primary N) is 2. The molecule has 156 valence electrons. The van der Waals surface area contributed by atoms with Gasteiger partial charge in [0.2, 0.25) is 0 Å². The zero-order valence-electron chi connectivity index (χ0n) is 16.9. The molecular weight excluding hydrogens is 368 g/mol. The minimum Gasteiger partial charge on any atom is -0.467 e. The number of esters is 1. The molecule has 0 unspecified atom stereocenters. The molecule has 1 aliphatic rings. The highest BCUT2D eigenvalue weighted by atomic mass is 16.7. The maximum absolute atomic E-state index is 11.9. The van der Waals surface area contributed by atoms with E-state index in [1.54, 1.807) is 18.2 Å². The van der Waals surface area contributed by atoms with Crippen LogP contribution in [0.5, 0.6) is 11.5 Å². The summed E-state index contributed by atoms with van der Waals surface area (Å²) >= 11 is 0. The molecule has 0 heterocycles. The molecule has 0 spiro atoms. The Bertz CT molecular complexity index is 779. The second-order valence-corrected chi connectivity index (χ2v) is 7.62. The summed E-state index contributed by atoms with van der Waals surface area (Å²) in [4.78, 5) is 11.9. The molecule has 0 bridgehead atoms. The molecule has 0 aromatic heterocycles. The second kappa shape index (κ2) is 10.2. The summed E-state index contributed by atoms with van der Waals surface area (Å²) in [6.07, 6.45) is 6.37. The number of rotatable bonds is 8. The molecule has 0 amide bonds. The van der Waals surface area contributed by atoms with Gasteiger partial charge in [0.15, 0.2) is 6.79 Å². The highest BCUT2D eigenvalue weighted by molar-refractivity contribution is 5.73. The third kappa shape index (κ3) is 6.39. The quantitative estimate of drug-likeness (QED) is 0.223. The third-order valence-electron chi connectivity index (χ3n) is 5.49. The lowest BCUT2D eigenvalue weighted by Crippen LogP contribution is -2.18. The largest absolute Gasteiger partial charge is 0.467 e. The molecule has 0 saturated heterocycles. The van der Waals surface area contributed by atoms with E-state index in [2.05, 4.69) is 19.1 Å². The summed E-state index contributed by atoms with van der Waals surface area (Å²) in [5, 5.41) is 0. The highest BCUT2D eigenvalue weighted by Gasteiger charge is 2.21. The number of hydrogen-bond acceptors (Lipinski definition) is 6. The van der Waals surface area contributed by atoms with Crippen LogP contribution in [0.1, 0.15) is 50.5 Å². The van der Waals surface area contributed by atoms with Gasteiger partial charge in [-0.05, 0) is 61.3 Å². The van der Waals surface area contributed by atoms with E-state index in [0.717, 1.165) is 5.92 Å². The molecule has 0 aliphatic heterocycles. The van der Waals surface area contributed by atoms with Gasteiger partial charge >= 0.3 is 5.97 Å². The minimum atomic E-state index is -0.475. The molecule has 2 aromatic rings. The monoisotopic (exact) mass is 398 g/mol. The average molecular weight is 399 g/mol. The number of nitrogen functional groups attached to an aromatic ring is 2. The molecule has 2 aromatic carbocycles. The van der Waals surface area contributed by atoms with Crippen molar-refractivity contribution in [1.29, 1.82) is 0 Å². The van der Waals surface area contributed by atoms with E-state index in [-0.39, 0.29) is 13.4 Å². The SMILES string of the molecule is CCC1CCC(c2ccc(OC(=O)COCOc3cc(N)cc(N)c3)cc2)CC1. The molecule has 1 fully saturated rings. The van der Waals surface area contributed by atoms with E-state index in [4.69, 9.17) is 25.7 Å². The molecule has 4 N–H and O–H groups in total. The van der Waals surface area contributed by atoms with Crippen LogP contribution in [0.25, 0.3) is 0 Å². The lowest BCUT2D eigenvalue weighted by atomic mass is 9.78. The van der Waals surface area contributed by atoms with E-state index in [1.807, 2.05) is 12.1 Å². The van der Waals surface area contributed by atoms with Crippen molar-refractivity contribution >= 4 is 17.3 Å². The lowest BCUT2D eigenvalue weighted by molar-refractivity contribution is -0.142. The van der Waals surface area contributed by atoms with Crippen LogP contribution >= 0.6 is 0 Å². The van der Waals surface area contributed by atoms with Crippen LogP contribution in [0.2, 0.25) is 0 Å². The van der Waals surface area contributed by atoms with E-state index >= 15 is 0 Å². The fourth-order valence-corrected chi connectivity index (χ4v) is 3.84. The Labute approximate surface area is 172 Å². The topological polar surface area (TPSA) is 96.8 Å². The van der Waals surface area contributed by atoms with Gasteiger partial charge in [-0.2, -0.15) is 0 Å². The first-order valence-corrected chi connectivity index (χ1v) is 10.2. The fraction of sp³-hybridized carbons (Fsp3) is 0.435. The summed E-state index contributed by atoms with van der Waals surface area (Å²) in [5.41, 5.74) is 13.7. The van der Waals surface area contributed by atoms with Gasteiger partial charge in [-0.15, -0.1) is 0 Å². The number of ether oxygens (including phenoxy) is 3. The lowest BCUT2D eigenvalue weighted by Gasteiger charge is -2.28. The van der Waals surface area contributed by atoms with Gasteiger partial charge in [-0.1, -0.05) is 25.5 Å². The van der Waals surface area contributed by atoms with Crippen LogP contribution in [0.4, 0.5) is 11.4 Å². The number of carbonyl (C=O) groups excluding carboxylic acids is 1. The fourth-order valence-electron chi connectivity index (χ4n) is 3.84. The molecular formula is C23H30N2O4. The van der Waals surface area contributed by atoms with Crippen LogP contribution in [0.15, 0.2) is 42.5 Å². The summed E-state index contributed by atoms with van der Waals surface area (Å²) in [5.74, 6) is 2.03. The maximum atomic E-state index is 11.9. The van der Waals surface area contributed by atoms with Crippen LogP contribution in [0, 0.1) is 5.92 Å². The third-order valence-corrected chi connectivity index (χ3v) is 5.49.